The third-order valence-corrected chi connectivity index (χ3v) is 22.3. The third-order valence-electron chi connectivity index (χ3n) is 22.3. The van der Waals surface area contributed by atoms with Gasteiger partial charge in [-0.3, -0.25) is 19.2 Å². The highest BCUT2D eigenvalue weighted by atomic mass is 16.8. The number of ether oxygens (including phenoxy) is 17. The Morgan fingerprint density at radius 3 is 1.00 bits per heavy atom. The molecule has 9 rings (SSSR count). The normalized spacial score (nSPS) is 46.3. The van der Waals surface area contributed by atoms with Crippen LogP contribution in [0.15, 0.2) is 0 Å². The zero-order chi connectivity index (χ0) is 92.1. The van der Waals surface area contributed by atoms with Crippen LogP contribution >= 0.6 is 0 Å². The molecule has 0 aliphatic carbocycles. The lowest BCUT2D eigenvalue weighted by molar-refractivity contribution is -0.391. The van der Waals surface area contributed by atoms with Gasteiger partial charge in [-0.1, -0.05) is 0 Å². The molecular weight excluding hydrogens is 1700 g/mol. The van der Waals surface area contributed by atoms with Crippen molar-refractivity contribution < 1.29 is 257 Å². The Kier molecular flexibility index (Phi) is 36.4. The molecule has 124 heavy (non-hydrogen) atoms. The Labute approximate surface area is 699 Å². The van der Waals surface area contributed by atoms with Crippen molar-refractivity contribution in [3.63, 3.8) is 0 Å². The van der Waals surface area contributed by atoms with Crippen molar-refractivity contribution in [1.82, 2.24) is 21.3 Å². The summed E-state index contributed by atoms with van der Waals surface area (Å²) in [6, 6.07) is -7.34. The van der Waals surface area contributed by atoms with Crippen LogP contribution in [0.1, 0.15) is 40.5 Å². The number of carboxylic acids is 2. The van der Waals surface area contributed by atoms with Crippen LogP contribution in [-0.4, -0.2) is 530 Å². The molecule has 0 aromatic heterocycles. The van der Waals surface area contributed by atoms with Crippen molar-refractivity contribution in [3.8, 4) is 0 Å². The van der Waals surface area contributed by atoms with Crippen LogP contribution in [0.25, 0.3) is 0 Å². The van der Waals surface area contributed by atoms with E-state index in [4.69, 9.17) is 80.5 Å². The van der Waals surface area contributed by atoms with Gasteiger partial charge in [-0.2, -0.15) is 0 Å². The number of aliphatic hydroxyl groups excluding tert-OH is 27. The molecule has 9 saturated heterocycles. The molecule has 0 radical (unpaired) electrons. The molecule has 0 aromatic rings. The summed E-state index contributed by atoms with van der Waals surface area (Å²) in [4.78, 5) is 75.9. The minimum absolute atomic E-state index is 0.833. The number of hydrogen-bond donors (Lipinski definition) is 33. The number of hydrogen-bond acceptors (Lipinski definition) is 50. The third kappa shape index (κ3) is 22.6. The average Bonchev–Trinajstić information content (AvgIpc) is 0.770. The van der Waals surface area contributed by atoms with Crippen LogP contribution in [0, 0.1) is 0 Å². The first-order valence-electron chi connectivity index (χ1n) is 38.9. The Balaban J connectivity index is 0.893. The van der Waals surface area contributed by atoms with E-state index in [2.05, 4.69) is 21.3 Å². The standard InChI is InChI=1S/C68H112N4O52/c1-16(79)69-31-20(83)5-67(65(104)105,123-53(31)35(87)22(85)7-73)109-14-29-39(91)44(96)48(100)61(116-29)118-51-26(11-77)114-59(33(42(51)94)71-18(3)81)121-56-46(98)37(89)24(9-75)112-63(56)108-13-28-41(93)55(50(102)58(103)111-28)120-64-57(47(99)38(90)25(10-76)113-64)122-60-34(72-19(4)82)43(95)52(27(12-78)115-60)119-62-49(101)45(97)40(92)30(117-62)15-110-68(66(106)107)6-21(84)32(70-17(2)80)54(124-68)36(88)23(86)8-74/h20-64,73-78,83-103H,5-15H2,1-4H3,(H,69,79)(H,70,80)(H,71,81)(H,72,82)(H,104,105)(H,106,107)/t20-,21-,22+,23+,24+,25+,26+,27+,28+,29+,30+,31+,32+,33+,34+,35+,36+,37+,38+,39-,40-,41+,42+,43+,44-,45-,46-,47-,48+,49+,50-,51+,52+,53+,54+,55-,56-,57-,58?,59-,60-,61-,62-,63-,64+,67+,68+/m0/s1. The van der Waals surface area contributed by atoms with Gasteiger partial charge in [0, 0.05) is 40.5 Å². The summed E-state index contributed by atoms with van der Waals surface area (Å²) in [5.41, 5.74) is 0. The van der Waals surface area contributed by atoms with E-state index in [0.29, 0.717) is 0 Å². The lowest BCUT2D eigenvalue weighted by Gasteiger charge is -2.50. The molecule has 716 valence electrons. The number of aliphatic carboxylic acids is 2. The molecule has 0 saturated carbocycles. The van der Waals surface area contributed by atoms with E-state index in [1.54, 1.807) is 0 Å². The quantitative estimate of drug-likeness (QED) is 0.0280. The van der Waals surface area contributed by atoms with Gasteiger partial charge in [0.2, 0.25) is 23.6 Å². The second-order valence-electron chi connectivity index (χ2n) is 31.1. The van der Waals surface area contributed by atoms with Crippen molar-refractivity contribution in [1.29, 1.82) is 0 Å². The fourth-order valence-corrected chi connectivity index (χ4v) is 15.6. The fourth-order valence-electron chi connectivity index (χ4n) is 15.6. The first-order chi connectivity index (χ1) is 58.3. The molecule has 56 heteroatoms. The molecule has 33 N–H and O–H groups in total. The Morgan fingerprint density at radius 1 is 0.331 bits per heavy atom. The molecule has 9 aliphatic rings. The van der Waals surface area contributed by atoms with E-state index in [1.807, 2.05) is 0 Å². The second kappa shape index (κ2) is 43.9. The van der Waals surface area contributed by atoms with Crippen LogP contribution in [0.3, 0.4) is 0 Å². The van der Waals surface area contributed by atoms with Gasteiger partial charge in [0.15, 0.2) is 44.0 Å². The highest BCUT2D eigenvalue weighted by molar-refractivity contribution is 5.78. The molecule has 4 amide bonds. The maximum atomic E-state index is 13.0. The molecule has 47 atom stereocenters. The number of carboxylic acid groups (broad SMARTS) is 2. The summed E-state index contributed by atoms with van der Waals surface area (Å²) in [6.07, 6.45) is -91.5. The molecule has 9 heterocycles. The molecule has 0 bridgehead atoms. The van der Waals surface area contributed by atoms with Crippen molar-refractivity contribution in [2.24, 2.45) is 0 Å². The van der Waals surface area contributed by atoms with Gasteiger partial charge in [-0.05, 0) is 0 Å². The predicted molar refractivity (Wildman–Crippen MR) is 378 cm³/mol. The summed E-state index contributed by atoms with van der Waals surface area (Å²) < 4.78 is 98.3. The zero-order valence-electron chi connectivity index (χ0n) is 66.1. The summed E-state index contributed by atoms with van der Waals surface area (Å²) in [6.45, 7) is -6.80. The van der Waals surface area contributed by atoms with E-state index in [0.717, 1.165) is 27.7 Å². The Morgan fingerprint density at radius 2 is 0.645 bits per heavy atom. The predicted octanol–water partition coefficient (Wildman–Crippen LogP) is -21.6. The monoisotopic (exact) mass is 1820 g/mol. The summed E-state index contributed by atoms with van der Waals surface area (Å²) in [7, 11) is 0. The summed E-state index contributed by atoms with van der Waals surface area (Å²) in [5, 5.41) is 328. The second-order valence-corrected chi connectivity index (χ2v) is 31.1. The van der Waals surface area contributed by atoms with Gasteiger partial charge in [0.25, 0.3) is 11.6 Å². The van der Waals surface area contributed by atoms with Crippen LogP contribution in [-0.2, 0) is 109 Å². The van der Waals surface area contributed by atoms with E-state index < -0.39 is 395 Å². The number of rotatable bonds is 35. The maximum Gasteiger partial charge on any atom is 0.364 e. The largest absolute Gasteiger partial charge is 0.477 e. The average molecular weight is 1820 g/mol. The maximum absolute atomic E-state index is 13.0. The zero-order valence-corrected chi connectivity index (χ0v) is 66.1. The van der Waals surface area contributed by atoms with Gasteiger partial charge in [-0.15, -0.1) is 0 Å². The number of nitrogens with one attached hydrogen (secondary N) is 4. The molecule has 56 nitrogen and oxygen atoms in total. The number of carbonyl (C=O) groups excluding carboxylic acids is 4. The highest BCUT2D eigenvalue weighted by Crippen LogP contribution is 2.42. The lowest BCUT2D eigenvalue weighted by atomic mass is 9.88. The van der Waals surface area contributed by atoms with Crippen molar-refractivity contribution in [2.75, 3.05) is 59.5 Å². The Hall–Kier alpha value is -4.94. The molecule has 1 unspecified atom stereocenters. The van der Waals surface area contributed by atoms with Crippen molar-refractivity contribution in [2.45, 2.75) is 328 Å². The number of amides is 4. The van der Waals surface area contributed by atoms with E-state index in [-0.39, 0.29) is 0 Å². The topological polar surface area (TPSA) is 894 Å². The first-order valence-corrected chi connectivity index (χ1v) is 38.9. The SMILES string of the molecule is CC(=O)N[C@H]1[C@H](O[C@@H]2[C@@H](OC[C@H]3OC(O)[C@@H](O)[C@@H](O[C@H]4O[C@H](CO)[C@@H](O)[C@H](O)[C@@H]4O[C@@H]4O[C@H](CO)[C@@H](O[C@@H]5O[C@H](CO[C@]6(C(=O)O)C[C@H](O)[C@@H](NC(C)=O)[C@H]([C@H](O)[C@H](O)CO)O6)[C@H](O)[C@H](O)[C@H]5O)[C@H](O)[C@H]4NC(C)=O)[C@@H]3O)O[C@H](CO)[C@@H](O)[C@@H]2O)O[C@H](CO)[C@@H](O[C@@H]2O[C@H](CO[C@]3(C(=O)O)C[C@H](O)[C@@H](NC(C)=O)[C@H]([C@H](O)[C@H](O)CO)O3)[C@H](O)[C@H](O)[C@H]2O)[C@@H]1O. The first kappa shape index (κ1) is 103. The molecule has 0 aromatic carbocycles. The smallest absolute Gasteiger partial charge is 0.364 e. The van der Waals surface area contributed by atoms with Gasteiger partial charge in [0.1, 0.15) is 207 Å². The van der Waals surface area contributed by atoms with E-state index in [9.17, 15) is 177 Å². The molecular formula is C68H112N4O52. The molecule has 0 spiro atoms. The summed E-state index contributed by atoms with van der Waals surface area (Å²) in [5.74, 6) is -13.9. The van der Waals surface area contributed by atoms with Gasteiger partial charge < -0.3 is 250 Å². The molecule has 9 fully saturated rings. The van der Waals surface area contributed by atoms with Crippen LogP contribution in [0.4, 0.5) is 0 Å². The highest BCUT2D eigenvalue weighted by Gasteiger charge is 2.63. The number of carbonyl (C=O) groups is 6. The minimum Gasteiger partial charge on any atom is -0.477 e. The fraction of sp³-hybridized carbons (Fsp3) is 0.912. The van der Waals surface area contributed by atoms with Crippen LogP contribution in [0.2, 0.25) is 0 Å². The van der Waals surface area contributed by atoms with Gasteiger partial charge in [0.05, 0.1) is 83.8 Å². The lowest BCUT2D eigenvalue weighted by Crippen LogP contribution is -2.70. The Bertz CT molecular complexity index is 3450. The van der Waals surface area contributed by atoms with E-state index >= 15 is 0 Å². The van der Waals surface area contributed by atoms with Gasteiger partial charge in [-0.25, -0.2) is 9.59 Å². The van der Waals surface area contributed by atoms with Crippen LogP contribution in [0.5, 0.6) is 0 Å². The van der Waals surface area contributed by atoms with Crippen molar-refractivity contribution >= 4 is 35.6 Å². The van der Waals surface area contributed by atoms with Crippen LogP contribution < -0.4 is 21.3 Å². The van der Waals surface area contributed by atoms with Crippen molar-refractivity contribution in [3.05, 3.63) is 0 Å². The molecule has 9 aliphatic heterocycles. The number of aliphatic hydroxyl groups is 27. The minimum atomic E-state index is -3.07. The van der Waals surface area contributed by atoms with E-state index in [1.165, 1.54) is 0 Å². The van der Waals surface area contributed by atoms with Gasteiger partial charge >= 0.3 is 11.9 Å². The summed E-state index contributed by atoms with van der Waals surface area (Å²) >= 11 is 0.